The Bertz CT molecular complexity index is 1230. The molecule has 2 aromatic heterocycles. The Morgan fingerprint density at radius 3 is 2.59 bits per heavy atom. The third-order valence-corrected chi connectivity index (χ3v) is 4.99. The second-order valence-electron chi connectivity index (χ2n) is 6.93. The molecule has 0 fully saturated rings. The van der Waals surface area contributed by atoms with Crippen LogP contribution in [0.1, 0.15) is 18.2 Å². The normalized spacial score (nSPS) is 14.2. The summed E-state index contributed by atoms with van der Waals surface area (Å²) in [7, 11) is -4.01. The average molecular weight is 476 g/mol. The highest BCUT2D eigenvalue weighted by Crippen LogP contribution is 2.25. The van der Waals surface area contributed by atoms with Crippen molar-refractivity contribution in [3.8, 4) is 17.3 Å². The van der Waals surface area contributed by atoms with Gasteiger partial charge in [-0.25, -0.2) is 22.9 Å². The maximum atomic E-state index is 14.0. The van der Waals surface area contributed by atoms with Crippen molar-refractivity contribution in [1.29, 1.82) is 0 Å². The first-order valence-corrected chi connectivity index (χ1v) is 10.5. The molecule has 15 heteroatoms. The Kier molecular flexibility index (Phi) is 6.17. The van der Waals surface area contributed by atoms with E-state index in [4.69, 9.17) is 5.14 Å². The number of hydrogen-bond donors (Lipinski definition) is 2. The van der Waals surface area contributed by atoms with Crippen LogP contribution in [0.3, 0.4) is 0 Å². The highest BCUT2D eigenvalue weighted by Gasteiger charge is 2.32. The van der Waals surface area contributed by atoms with E-state index in [1.807, 2.05) is 0 Å². The number of benzene rings is 1. The summed E-state index contributed by atoms with van der Waals surface area (Å²) in [5.41, 5.74) is -2.00. The maximum Gasteiger partial charge on any atom is 0.573 e. The molecule has 172 valence electrons. The van der Waals surface area contributed by atoms with Crippen LogP contribution in [0.2, 0.25) is 0 Å². The minimum absolute atomic E-state index is 0.0246. The SMILES string of the molecule is C[C@@](O)(CS(N)(=O)=O)c1cccc(-c2nnn(Cc3cc(OC(F)(F)F)ccc3F)n2)n1. The van der Waals surface area contributed by atoms with Gasteiger partial charge in [-0.2, -0.15) is 4.80 Å². The van der Waals surface area contributed by atoms with E-state index >= 15 is 0 Å². The lowest BCUT2D eigenvalue weighted by molar-refractivity contribution is -0.274. The van der Waals surface area contributed by atoms with Crippen LogP contribution in [0, 0.1) is 5.82 Å². The Balaban J connectivity index is 1.84. The van der Waals surface area contributed by atoms with Gasteiger partial charge in [-0.3, -0.25) is 0 Å². The van der Waals surface area contributed by atoms with Gasteiger partial charge >= 0.3 is 6.36 Å². The summed E-state index contributed by atoms with van der Waals surface area (Å²) in [6.45, 7) is 0.850. The average Bonchev–Trinajstić information content (AvgIpc) is 3.10. The second kappa shape index (κ2) is 8.40. The number of sulfonamides is 1. The smallest absolute Gasteiger partial charge is 0.406 e. The standard InChI is InChI=1S/C17H16F4N6O4S/c1-16(28,9-32(22,29)30)14-4-2-3-13(23-14)15-24-26-27(25-15)8-10-7-11(5-6-12(10)18)31-17(19,20)21/h2-7,28H,8-9H2,1H3,(H2,22,29,30)/t16-/m1/s1. The molecule has 0 radical (unpaired) electrons. The molecule has 32 heavy (non-hydrogen) atoms. The summed E-state index contributed by atoms with van der Waals surface area (Å²) in [6, 6.07) is 6.79. The first-order chi connectivity index (χ1) is 14.7. The number of tetrazole rings is 1. The van der Waals surface area contributed by atoms with Gasteiger partial charge in [0.2, 0.25) is 15.8 Å². The Hall–Kier alpha value is -3.17. The molecule has 10 nitrogen and oxygen atoms in total. The van der Waals surface area contributed by atoms with Crippen molar-refractivity contribution < 1.29 is 35.8 Å². The van der Waals surface area contributed by atoms with Crippen molar-refractivity contribution >= 4 is 10.0 Å². The van der Waals surface area contributed by atoms with Gasteiger partial charge in [0.25, 0.3) is 0 Å². The number of halogens is 4. The molecule has 0 bridgehead atoms. The highest BCUT2D eigenvalue weighted by molar-refractivity contribution is 7.89. The summed E-state index contributed by atoms with van der Waals surface area (Å²) < 4.78 is 77.6. The number of aromatic nitrogens is 5. The number of alkyl halides is 3. The van der Waals surface area contributed by atoms with Gasteiger partial charge in [0.15, 0.2) is 0 Å². The summed E-state index contributed by atoms with van der Waals surface area (Å²) in [5, 5.41) is 26.9. The van der Waals surface area contributed by atoms with Gasteiger partial charge in [-0.15, -0.1) is 23.4 Å². The van der Waals surface area contributed by atoms with Crippen LogP contribution in [0.4, 0.5) is 17.6 Å². The van der Waals surface area contributed by atoms with Crippen LogP contribution in [-0.4, -0.2) is 50.8 Å². The van der Waals surface area contributed by atoms with Gasteiger partial charge in [0, 0.05) is 5.56 Å². The molecule has 0 aliphatic heterocycles. The third kappa shape index (κ3) is 6.18. The van der Waals surface area contributed by atoms with Crippen LogP contribution in [0.15, 0.2) is 36.4 Å². The molecule has 1 aromatic carbocycles. The predicted octanol–water partition coefficient (Wildman–Crippen LogP) is 1.32. The molecular weight excluding hydrogens is 460 g/mol. The van der Waals surface area contributed by atoms with Crippen molar-refractivity contribution in [3.63, 3.8) is 0 Å². The first kappa shape index (κ1) is 23.5. The zero-order valence-corrected chi connectivity index (χ0v) is 17.1. The number of nitrogens with zero attached hydrogens (tertiary/aromatic N) is 5. The molecular formula is C17H16F4N6O4S. The van der Waals surface area contributed by atoms with E-state index < -0.39 is 39.3 Å². The molecule has 3 rings (SSSR count). The number of nitrogens with two attached hydrogens (primary N) is 1. The largest absolute Gasteiger partial charge is 0.573 e. The fourth-order valence-electron chi connectivity index (χ4n) is 2.76. The van der Waals surface area contributed by atoms with E-state index in [9.17, 15) is 31.1 Å². The Labute approximate surface area is 178 Å². The van der Waals surface area contributed by atoms with Crippen molar-refractivity contribution in [2.75, 3.05) is 5.75 Å². The van der Waals surface area contributed by atoms with Crippen molar-refractivity contribution in [3.05, 3.63) is 53.5 Å². The second-order valence-corrected chi connectivity index (χ2v) is 8.55. The quantitative estimate of drug-likeness (QED) is 0.486. The van der Waals surface area contributed by atoms with Crippen LogP contribution in [0.25, 0.3) is 11.5 Å². The number of rotatable bonds is 7. The van der Waals surface area contributed by atoms with Crippen molar-refractivity contribution in [1.82, 2.24) is 25.2 Å². The molecule has 0 aliphatic rings. The Morgan fingerprint density at radius 2 is 1.94 bits per heavy atom. The summed E-state index contributed by atoms with van der Waals surface area (Å²) in [5.74, 6) is -2.26. The zero-order valence-electron chi connectivity index (χ0n) is 16.3. The van der Waals surface area contributed by atoms with Gasteiger partial charge in [0.1, 0.15) is 22.9 Å². The minimum Gasteiger partial charge on any atom is -0.406 e. The molecule has 2 heterocycles. The fraction of sp³-hybridized carbons (Fsp3) is 0.294. The molecule has 3 aromatic rings. The molecule has 1 atom stereocenters. The predicted molar refractivity (Wildman–Crippen MR) is 101 cm³/mol. The highest BCUT2D eigenvalue weighted by atomic mass is 32.2. The number of primary sulfonamides is 1. The molecule has 0 spiro atoms. The first-order valence-electron chi connectivity index (χ1n) is 8.75. The van der Waals surface area contributed by atoms with E-state index in [1.54, 1.807) is 0 Å². The molecule has 0 saturated carbocycles. The molecule has 3 N–H and O–H groups in total. The van der Waals surface area contributed by atoms with Gasteiger partial charge < -0.3 is 9.84 Å². The van der Waals surface area contributed by atoms with Crippen molar-refractivity contribution in [2.45, 2.75) is 25.4 Å². The molecule has 0 saturated heterocycles. The lowest BCUT2D eigenvalue weighted by Gasteiger charge is -2.21. The summed E-state index contributed by atoms with van der Waals surface area (Å²) in [6.07, 6.45) is -4.94. The molecule has 0 unspecified atom stereocenters. The van der Waals surface area contributed by atoms with E-state index in [0.717, 1.165) is 23.0 Å². The number of aliphatic hydroxyl groups is 1. The Morgan fingerprint density at radius 1 is 1.22 bits per heavy atom. The van der Waals surface area contributed by atoms with Crippen LogP contribution >= 0.6 is 0 Å². The number of pyridine rings is 1. The van der Waals surface area contributed by atoms with Gasteiger partial charge in [-0.1, -0.05) is 6.07 Å². The summed E-state index contributed by atoms with van der Waals surface area (Å²) >= 11 is 0. The fourth-order valence-corrected chi connectivity index (χ4v) is 3.69. The van der Waals surface area contributed by atoms with E-state index in [0.29, 0.717) is 0 Å². The zero-order chi connectivity index (χ0) is 23.7. The lowest BCUT2D eigenvalue weighted by atomic mass is 10.0. The van der Waals surface area contributed by atoms with Crippen LogP contribution in [0.5, 0.6) is 5.75 Å². The lowest BCUT2D eigenvalue weighted by Crippen LogP contribution is -2.35. The molecule has 0 aliphatic carbocycles. The van der Waals surface area contributed by atoms with E-state index in [1.165, 1.54) is 25.1 Å². The van der Waals surface area contributed by atoms with Crippen molar-refractivity contribution in [2.24, 2.45) is 5.14 Å². The van der Waals surface area contributed by atoms with E-state index in [2.05, 4.69) is 25.1 Å². The third-order valence-electron chi connectivity index (χ3n) is 4.03. The topological polar surface area (TPSA) is 146 Å². The van der Waals surface area contributed by atoms with Crippen LogP contribution in [-0.2, 0) is 22.2 Å². The minimum atomic E-state index is -4.94. The van der Waals surface area contributed by atoms with Gasteiger partial charge in [-0.05, 0) is 42.5 Å². The maximum absolute atomic E-state index is 14.0. The van der Waals surface area contributed by atoms with Gasteiger partial charge in [0.05, 0.1) is 18.0 Å². The van der Waals surface area contributed by atoms with Crippen LogP contribution < -0.4 is 9.88 Å². The number of hydrogen-bond acceptors (Lipinski definition) is 8. The number of ether oxygens (including phenoxy) is 1. The summed E-state index contributed by atoms with van der Waals surface area (Å²) in [4.78, 5) is 5.04. The monoisotopic (exact) mass is 476 g/mol. The molecule has 0 amide bonds. The van der Waals surface area contributed by atoms with E-state index in [-0.39, 0.29) is 29.3 Å².